The molecule has 4 rings (SSSR count). The number of nitrogens with zero attached hydrogens (tertiary/aromatic N) is 6. The van der Waals surface area contributed by atoms with E-state index >= 15 is 0 Å². The summed E-state index contributed by atoms with van der Waals surface area (Å²) in [4.78, 5) is 11.6. The van der Waals surface area contributed by atoms with Gasteiger partial charge >= 0.3 is 0 Å². The normalized spacial score (nSPS) is 15.3. The van der Waals surface area contributed by atoms with Crippen LogP contribution in [0.15, 0.2) is 48.9 Å². The Morgan fingerprint density at radius 1 is 1.08 bits per heavy atom. The fourth-order valence-electron chi connectivity index (χ4n) is 3.62. The van der Waals surface area contributed by atoms with Crippen LogP contribution in [-0.2, 0) is 13.0 Å². The molecule has 0 bridgehead atoms. The lowest BCUT2D eigenvalue weighted by atomic mass is 9.96. The van der Waals surface area contributed by atoms with E-state index < -0.39 is 0 Å². The lowest BCUT2D eigenvalue weighted by Gasteiger charge is -2.32. The SMILES string of the molecule is CCn1cnnc1C1CCN(c2ccnc(Cc3ccccc3)n2)CC1. The molecule has 0 atom stereocenters. The highest BCUT2D eigenvalue weighted by Crippen LogP contribution is 2.28. The van der Waals surface area contributed by atoms with Gasteiger partial charge in [-0.25, -0.2) is 9.97 Å². The van der Waals surface area contributed by atoms with Gasteiger partial charge in [0.05, 0.1) is 0 Å². The molecule has 3 aromatic rings. The molecule has 0 radical (unpaired) electrons. The van der Waals surface area contributed by atoms with Crippen LogP contribution in [0.3, 0.4) is 0 Å². The highest BCUT2D eigenvalue weighted by Gasteiger charge is 2.25. The summed E-state index contributed by atoms with van der Waals surface area (Å²) < 4.78 is 2.16. The Balaban J connectivity index is 1.42. The number of aryl methyl sites for hydroxylation is 1. The third-order valence-electron chi connectivity index (χ3n) is 5.07. The van der Waals surface area contributed by atoms with E-state index in [1.54, 1.807) is 0 Å². The van der Waals surface area contributed by atoms with Gasteiger partial charge in [-0.3, -0.25) is 0 Å². The Labute approximate surface area is 153 Å². The first-order valence-corrected chi connectivity index (χ1v) is 9.32. The first-order valence-electron chi connectivity index (χ1n) is 9.32. The van der Waals surface area contributed by atoms with E-state index in [1.165, 1.54) is 5.56 Å². The van der Waals surface area contributed by atoms with E-state index in [-0.39, 0.29) is 0 Å². The number of hydrogen-bond acceptors (Lipinski definition) is 5. The molecule has 1 aromatic carbocycles. The standard InChI is InChI=1S/C20H24N6/c1-2-25-15-22-24-20(25)17-9-12-26(13-10-17)19-8-11-21-18(23-19)14-16-6-4-3-5-7-16/h3-8,11,15,17H,2,9-10,12-14H2,1H3. The lowest BCUT2D eigenvalue weighted by molar-refractivity contribution is 0.465. The van der Waals surface area contributed by atoms with Crippen molar-refractivity contribution in [3.8, 4) is 0 Å². The van der Waals surface area contributed by atoms with Crippen molar-refractivity contribution in [3.63, 3.8) is 0 Å². The van der Waals surface area contributed by atoms with E-state index in [4.69, 9.17) is 4.98 Å². The number of hydrogen-bond donors (Lipinski definition) is 0. The van der Waals surface area contributed by atoms with Gasteiger partial charge in [0.2, 0.25) is 0 Å². The molecule has 6 heteroatoms. The van der Waals surface area contributed by atoms with Crippen LogP contribution in [0.4, 0.5) is 5.82 Å². The van der Waals surface area contributed by atoms with Crippen molar-refractivity contribution in [2.24, 2.45) is 0 Å². The van der Waals surface area contributed by atoms with Crippen LogP contribution in [-0.4, -0.2) is 37.8 Å². The molecule has 1 aliphatic heterocycles. The minimum atomic E-state index is 0.485. The van der Waals surface area contributed by atoms with E-state index in [0.717, 1.165) is 56.4 Å². The van der Waals surface area contributed by atoms with Crippen molar-refractivity contribution in [3.05, 3.63) is 66.1 Å². The lowest BCUT2D eigenvalue weighted by Crippen LogP contribution is -2.34. The molecule has 0 aliphatic carbocycles. The maximum atomic E-state index is 4.79. The predicted molar refractivity (Wildman–Crippen MR) is 101 cm³/mol. The third kappa shape index (κ3) is 3.59. The summed E-state index contributed by atoms with van der Waals surface area (Å²) in [7, 11) is 0. The summed E-state index contributed by atoms with van der Waals surface area (Å²) in [5, 5.41) is 8.41. The minimum Gasteiger partial charge on any atom is -0.356 e. The molecule has 6 nitrogen and oxygen atoms in total. The summed E-state index contributed by atoms with van der Waals surface area (Å²) in [6.45, 7) is 5.04. The van der Waals surface area contributed by atoms with Gasteiger partial charge < -0.3 is 9.47 Å². The Morgan fingerprint density at radius 2 is 1.88 bits per heavy atom. The smallest absolute Gasteiger partial charge is 0.136 e. The van der Waals surface area contributed by atoms with Crippen molar-refractivity contribution in [1.29, 1.82) is 0 Å². The van der Waals surface area contributed by atoms with Crippen LogP contribution in [0.5, 0.6) is 0 Å². The Kier molecular flexibility index (Phi) is 4.91. The number of aromatic nitrogens is 5. The fraction of sp³-hybridized carbons (Fsp3) is 0.400. The summed E-state index contributed by atoms with van der Waals surface area (Å²) in [6, 6.07) is 12.4. The first kappa shape index (κ1) is 16.7. The van der Waals surface area contributed by atoms with Gasteiger partial charge in [-0.15, -0.1) is 10.2 Å². The maximum Gasteiger partial charge on any atom is 0.136 e. The fourth-order valence-corrected chi connectivity index (χ4v) is 3.62. The predicted octanol–water partition coefficient (Wildman–Crippen LogP) is 3.06. The van der Waals surface area contributed by atoms with Gasteiger partial charge in [0.15, 0.2) is 0 Å². The minimum absolute atomic E-state index is 0.485. The molecule has 1 aliphatic rings. The second-order valence-electron chi connectivity index (χ2n) is 6.73. The van der Waals surface area contributed by atoms with E-state index in [9.17, 15) is 0 Å². The third-order valence-corrected chi connectivity index (χ3v) is 5.07. The average molecular weight is 348 g/mol. The maximum absolute atomic E-state index is 4.79. The van der Waals surface area contributed by atoms with Gasteiger partial charge in [0.25, 0.3) is 0 Å². The van der Waals surface area contributed by atoms with Crippen molar-refractivity contribution in [2.75, 3.05) is 18.0 Å². The van der Waals surface area contributed by atoms with Gasteiger partial charge in [0.1, 0.15) is 23.8 Å². The number of piperidine rings is 1. The van der Waals surface area contributed by atoms with Gasteiger partial charge in [0, 0.05) is 38.2 Å². The van der Waals surface area contributed by atoms with Crippen LogP contribution in [0, 0.1) is 0 Å². The summed E-state index contributed by atoms with van der Waals surface area (Å²) in [6.07, 6.45) is 6.64. The van der Waals surface area contributed by atoms with E-state index in [2.05, 4.69) is 55.8 Å². The van der Waals surface area contributed by atoms with Gasteiger partial charge in [-0.2, -0.15) is 0 Å². The molecule has 0 N–H and O–H groups in total. The highest BCUT2D eigenvalue weighted by molar-refractivity contribution is 5.39. The first-order chi connectivity index (χ1) is 12.8. The summed E-state index contributed by atoms with van der Waals surface area (Å²) in [5.41, 5.74) is 1.24. The number of anilines is 1. The van der Waals surface area contributed by atoms with Gasteiger partial charge in [-0.05, 0) is 31.4 Å². The molecule has 3 heterocycles. The van der Waals surface area contributed by atoms with Crippen LogP contribution in [0.1, 0.15) is 42.9 Å². The highest BCUT2D eigenvalue weighted by atomic mass is 15.3. The van der Waals surface area contributed by atoms with Crippen LogP contribution >= 0.6 is 0 Å². The van der Waals surface area contributed by atoms with Crippen molar-refractivity contribution < 1.29 is 0 Å². The van der Waals surface area contributed by atoms with Crippen molar-refractivity contribution in [2.45, 2.75) is 38.6 Å². The second-order valence-corrected chi connectivity index (χ2v) is 6.73. The van der Waals surface area contributed by atoms with E-state index in [1.807, 2.05) is 24.7 Å². The number of rotatable bonds is 5. The van der Waals surface area contributed by atoms with E-state index in [0.29, 0.717) is 5.92 Å². The molecule has 26 heavy (non-hydrogen) atoms. The van der Waals surface area contributed by atoms with Crippen molar-refractivity contribution >= 4 is 5.82 Å². The van der Waals surface area contributed by atoms with Crippen LogP contribution in [0.25, 0.3) is 0 Å². The Hall–Kier alpha value is -2.76. The summed E-state index contributed by atoms with van der Waals surface area (Å²) >= 11 is 0. The molecule has 134 valence electrons. The zero-order chi connectivity index (χ0) is 17.8. The zero-order valence-electron chi connectivity index (χ0n) is 15.1. The Bertz CT molecular complexity index is 836. The topological polar surface area (TPSA) is 59.7 Å². The largest absolute Gasteiger partial charge is 0.356 e. The molecule has 0 unspecified atom stereocenters. The molecule has 1 fully saturated rings. The quantitative estimate of drug-likeness (QED) is 0.709. The average Bonchev–Trinajstić information content (AvgIpc) is 3.18. The molecular formula is C20H24N6. The monoisotopic (exact) mass is 348 g/mol. The zero-order valence-corrected chi connectivity index (χ0v) is 15.1. The summed E-state index contributed by atoms with van der Waals surface area (Å²) in [5.74, 6) is 3.52. The van der Waals surface area contributed by atoms with Crippen molar-refractivity contribution in [1.82, 2.24) is 24.7 Å². The second kappa shape index (κ2) is 7.64. The number of benzene rings is 1. The molecule has 0 saturated carbocycles. The van der Waals surface area contributed by atoms with Crippen LogP contribution in [0.2, 0.25) is 0 Å². The Morgan fingerprint density at radius 3 is 2.65 bits per heavy atom. The molecule has 0 amide bonds. The van der Waals surface area contributed by atoms with Crippen LogP contribution < -0.4 is 4.90 Å². The molecule has 0 spiro atoms. The molecule has 2 aromatic heterocycles. The van der Waals surface area contributed by atoms with Gasteiger partial charge in [-0.1, -0.05) is 30.3 Å². The molecule has 1 saturated heterocycles. The molecular weight excluding hydrogens is 324 g/mol.